The second-order valence-corrected chi connectivity index (χ2v) is 12.2. The zero-order valence-electron chi connectivity index (χ0n) is 21.9. The van der Waals surface area contributed by atoms with Gasteiger partial charge in [0.15, 0.2) is 0 Å². The Bertz CT molecular complexity index is 1100. The Morgan fingerprint density at radius 1 is 1.05 bits per heavy atom. The summed E-state index contributed by atoms with van der Waals surface area (Å²) in [6.07, 6.45) is 9.80. The lowest BCUT2D eigenvalue weighted by Gasteiger charge is -2.46. The van der Waals surface area contributed by atoms with Gasteiger partial charge in [0.1, 0.15) is 6.04 Å². The van der Waals surface area contributed by atoms with Gasteiger partial charge in [0.2, 0.25) is 11.8 Å². The van der Waals surface area contributed by atoms with Gasteiger partial charge in [-0.25, -0.2) is 0 Å². The number of amides is 2. The number of fused-ring (bicyclic) bond motifs is 1. The molecule has 3 unspecified atom stereocenters. The number of halogens is 1. The maximum absolute atomic E-state index is 13.9. The zero-order chi connectivity index (χ0) is 26.0. The van der Waals surface area contributed by atoms with Gasteiger partial charge in [-0.1, -0.05) is 74.2 Å². The van der Waals surface area contributed by atoms with Crippen molar-refractivity contribution >= 4 is 23.4 Å². The number of carbonyl (C=O) groups excluding carboxylic acids is 2. The highest BCUT2D eigenvalue weighted by Gasteiger charge is 2.41. The number of rotatable bonds is 6. The van der Waals surface area contributed by atoms with Crippen LogP contribution >= 0.6 is 11.6 Å². The van der Waals surface area contributed by atoms with E-state index in [-0.39, 0.29) is 23.8 Å². The van der Waals surface area contributed by atoms with Crippen LogP contribution in [0.2, 0.25) is 5.02 Å². The molecule has 1 aliphatic heterocycles. The number of hydrogen-bond acceptors (Lipinski definition) is 3. The molecule has 0 radical (unpaired) electrons. The first-order valence-electron chi connectivity index (χ1n) is 14.0. The SMILES string of the molecule is CC1(C2CCCCC2)CCN(C(=O)C(Cc2ccc(Cl)cc2)NC(=O)C2Cc3ccccc3C2N)CC1. The molecule has 3 N–H and O–H groups in total. The number of nitrogens with one attached hydrogen (secondary N) is 1. The predicted molar refractivity (Wildman–Crippen MR) is 148 cm³/mol. The molecule has 5 nitrogen and oxygen atoms in total. The maximum atomic E-state index is 13.9. The predicted octanol–water partition coefficient (Wildman–Crippen LogP) is 5.45. The third-order valence-electron chi connectivity index (χ3n) is 9.40. The summed E-state index contributed by atoms with van der Waals surface area (Å²) in [6, 6.07) is 14.5. The fraction of sp³-hybridized carbons (Fsp3) is 0.548. The normalized spacial score (nSPS) is 24.4. The van der Waals surface area contributed by atoms with Crippen molar-refractivity contribution in [3.8, 4) is 0 Å². The van der Waals surface area contributed by atoms with Crippen LogP contribution in [0, 0.1) is 17.3 Å². The lowest BCUT2D eigenvalue weighted by molar-refractivity contribution is -0.139. The largest absolute Gasteiger partial charge is 0.344 e. The molecule has 3 atom stereocenters. The number of hydrogen-bond donors (Lipinski definition) is 2. The van der Waals surface area contributed by atoms with Crippen molar-refractivity contribution in [2.45, 2.75) is 76.8 Å². The van der Waals surface area contributed by atoms with E-state index in [0.29, 0.717) is 23.3 Å². The van der Waals surface area contributed by atoms with Crippen LogP contribution in [0.4, 0.5) is 0 Å². The zero-order valence-corrected chi connectivity index (χ0v) is 22.7. The Labute approximate surface area is 226 Å². The number of nitrogens with two attached hydrogens (primary N) is 1. The van der Waals surface area contributed by atoms with Crippen molar-refractivity contribution in [1.82, 2.24) is 10.2 Å². The molecule has 1 heterocycles. The van der Waals surface area contributed by atoms with Gasteiger partial charge in [-0.2, -0.15) is 0 Å². The average Bonchev–Trinajstić information content (AvgIpc) is 3.26. The molecule has 2 aliphatic carbocycles. The number of likely N-dealkylation sites (tertiary alicyclic amines) is 1. The Balaban J connectivity index is 1.28. The van der Waals surface area contributed by atoms with Gasteiger partial charge < -0.3 is 16.0 Å². The van der Waals surface area contributed by atoms with Crippen LogP contribution in [0.5, 0.6) is 0 Å². The molecule has 6 heteroatoms. The van der Waals surface area contributed by atoms with Crippen molar-refractivity contribution in [3.63, 3.8) is 0 Å². The van der Waals surface area contributed by atoms with Crippen LogP contribution in [0.1, 0.15) is 74.6 Å². The summed E-state index contributed by atoms with van der Waals surface area (Å²) in [5.41, 5.74) is 9.93. The van der Waals surface area contributed by atoms with Crippen molar-refractivity contribution < 1.29 is 9.59 Å². The van der Waals surface area contributed by atoms with Gasteiger partial charge in [0.25, 0.3) is 0 Å². The molecule has 5 rings (SSSR count). The number of benzene rings is 2. The van der Waals surface area contributed by atoms with E-state index in [2.05, 4.69) is 12.2 Å². The van der Waals surface area contributed by atoms with Crippen LogP contribution in [0.15, 0.2) is 48.5 Å². The van der Waals surface area contributed by atoms with E-state index in [4.69, 9.17) is 17.3 Å². The van der Waals surface area contributed by atoms with E-state index in [1.807, 2.05) is 53.4 Å². The maximum Gasteiger partial charge on any atom is 0.245 e. The molecular formula is C31H40ClN3O2. The Hall–Kier alpha value is -2.37. The first-order chi connectivity index (χ1) is 17.8. The van der Waals surface area contributed by atoms with Gasteiger partial charge in [0, 0.05) is 30.6 Å². The monoisotopic (exact) mass is 521 g/mol. The number of piperidine rings is 1. The van der Waals surface area contributed by atoms with Crippen LogP contribution in [0.3, 0.4) is 0 Å². The fourth-order valence-corrected chi connectivity index (χ4v) is 7.01. The highest BCUT2D eigenvalue weighted by molar-refractivity contribution is 6.30. The van der Waals surface area contributed by atoms with Gasteiger partial charge in [0.05, 0.1) is 5.92 Å². The van der Waals surface area contributed by atoms with Crippen molar-refractivity contribution in [2.75, 3.05) is 13.1 Å². The number of carbonyl (C=O) groups is 2. The van der Waals surface area contributed by atoms with E-state index in [9.17, 15) is 9.59 Å². The van der Waals surface area contributed by atoms with Gasteiger partial charge in [-0.3, -0.25) is 9.59 Å². The van der Waals surface area contributed by atoms with Crippen LogP contribution in [-0.4, -0.2) is 35.8 Å². The third kappa shape index (κ3) is 5.73. The lowest BCUT2D eigenvalue weighted by atomic mass is 9.65. The molecule has 3 aliphatic rings. The quantitative estimate of drug-likeness (QED) is 0.531. The standard InChI is InChI=1S/C31H40ClN3O2/c1-31(23-8-3-2-4-9-23)15-17-35(18-16-31)30(37)27(19-21-11-13-24(32)14-12-21)34-29(36)26-20-22-7-5-6-10-25(22)28(26)33/h5-7,10-14,23,26-28H,2-4,8-9,15-20,33H2,1H3,(H,34,36). The molecule has 1 saturated heterocycles. The Morgan fingerprint density at radius 2 is 1.73 bits per heavy atom. The summed E-state index contributed by atoms with van der Waals surface area (Å²) in [7, 11) is 0. The summed E-state index contributed by atoms with van der Waals surface area (Å²) >= 11 is 6.10. The Morgan fingerprint density at radius 3 is 2.41 bits per heavy atom. The molecule has 1 saturated carbocycles. The fourth-order valence-electron chi connectivity index (χ4n) is 6.88. The summed E-state index contributed by atoms with van der Waals surface area (Å²) in [4.78, 5) is 29.3. The first-order valence-corrected chi connectivity index (χ1v) is 14.4. The number of nitrogens with zero attached hydrogens (tertiary/aromatic N) is 1. The topological polar surface area (TPSA) is 75.4 Å². The molecular weight excluding hydrogens is 482 g/mol. The summed E-state index contributed by atoms with van der Waals surface area (Å²) in [5.74, 6) is 0.278. The average molecular weight is 522 g/mol. The van der Waals surface area contributed by atoms with Gasteiger partial charge >= 0.3 is 0 Å². The van der Waals surface area contributed by atoms with E-state index >= 15 is 0 Å². The molecule has 2 aromatic rings. The van der Waals surface area contributed by atoms with Crippen LogP contribution in [-0.2, 0) is 22.4 Å². The highest BCUT2D eigenvalue weighted by atomic mass is 35.5. The second-order valence-electron chi connectivity index (χ2n) is 11.7. The van der Waals surface area contributed by atoms with E-state index in [1.165, 1.54) is 32.1 Å². The van der Waals surface area contributed by atoms with Crippen molar-refractivity contribution in [1.29, 1.82) is 0 Å². The third-order valence-corrected chi connectivity index (χ3v) is 9.65. The molecule has 2 aromatic carbocycles. The van der Waals surface area contributed by atoms with Crippen molar-refractivity contribution in [2.24, 2.45) is 23.0 Å². The summed E-state index contributed by atoms with van der Waals surface area (Å²) in [5, 5.41) is 3.78. The first kappa shape index (κ1) is 26.2. The lowest BCUT2D eigenvalue weighted by Crippen LogP contribution is -2.54. The van der Waals surface area contributed by atoms with Crippen LogP contribution in [0.25, 0.3) is 0 Å². The molecule has 2 fully saturated rings. The molecule has 37 heavy (non-hydrogen) atoms. The summed E-state index contributed by atoms with van der Waals surface area (Å²) < 4.78 is 0. The Kier molecular flexibility index (Phi) is 7.92. The smallest absolute Gasteiger partial charge is 0.245 e. The summed E-state index contributed by atoms with van der Waals surface area (Å²) in [6.45, 7) is 3.94. The molecule has 0 bridgehead atoms. The van der Waals surface area contributed by atoms with Crippen LogP contribution < -0.4 is 11.1 Å². The van der Waals surface area contributed by atoms with Gasteiger partial charge in [-0.15, -0.1) is 0 Å². The van der Waals surface area contributed by atoms with E-state index < -0.39 is 6.04 Å². The molecule has 0 aromatic heterocycles. The van der Waals surface area contributed by atoms with Crippen molar-refractivity contribution in [3.05, 3.63) is 70.2 Å². The van der Waals surface area contributed by atoms with Gasteiger partial charge in [-0.05, 0) is 72.3 Å². The molecule has 2 amide bonds. The molecule has 198 valence electrons. The molecule has 0 spiro atoms. The minimum Gasteiger partial charge on any atom is -0.344 e. The highest BCUT2D eigenvalue weighted by Crippen LogP contribution is 2.45. The minimum atomic E-state index is -0.622. The van der Waals surface area contributed by atoms with E-state index in [0.717, 1.165) is 48.5 Å². The second kappa shape index (κ2) is 11.2. The minimum absolute atomic E-state index is 0.0121. The van der Waals surface area contributed by atoms with E-state index in [1.54, 1.807) is 0 Å².